The Morgan fingerprint density at radius 3 is 2.18 bits per heavy atom. The Morgan fingerprint density at radius 1 is 1.45 bits per heavy atom. The monoisotopic (exact) mass is 181 g/mol. The van der Waals surface area contributed by atoms with Crippen LogP contribution in [0, 0.1) is 0 Å². The zero-order chi connectivity index (χ0) is 9.12. The summed E-state index contributed by atoms with van der Waals surface area (Å²) in [4.78, 5) is 0. The molecule has 0 saturated carbocycles. The van der Waals surface area contributed by atoms with Gasteiger partial charge < -0.3 is 5.32 Å². The molecule has 0 spiro atoms. The van der Waals surface area contributed by atoms with E-state index in [1.807, 2.05) is 6.92 Å². The highest BCUT2D eigenvalue weighted by molar-refractivity contribution is 7.87. The third kappa shape index (κ3) is 3.18. The summed E-state index contributed by atoms with van der Waals surface area (Å²) >= 11 is 0. The summed E-state index contributed by atoms with van der Waals surface area (Å²) in [6, 6.07) is 0. The topological polar surface area (TPSA) is 66.4 Å². The molecular weight excluding hydrogens is 166 g/mol. The Hall–Kier alpha value is -0.130. The predicted molar refractivity (Wildman–Crippen MR) is 44.2 cm³/mol. The fourth-order valence-corrected chi connectivity index (χ4v) is 0.802. The fourth-order valence-electron chi connectivity index (χ4n) is 0.517. The lowest BCUT2D eigenvalue weighted by Crippen LogP contribution is -2.41. The van der Waals surface area contributed by atoms with Gasteiger partial charge in [-0.15, -0.1) is 0 Å². The molecule has 4 nitrogen and oxygen atoms in total. The minimum Gasteiger partial charge on any atom is -0.315 e. The summed E-state index contributed by atoms with van der Waals surface area (Å²) in [5.41, 5.74) is 0. The smallest absolute Gasteiger partial charge is 0.271 e. The fraction of sp³-hybridized carbons (Fsp3) is 1.00. The minimum absolute atomic E-state index is 0.266. The quantitative estimate of drug-likeness (QED) is 0.611. The SMILES string of the molecule is CCNCC(C)(C)S(=O)(=O)O. The van der Waals surface area contributed by atoms with Crippen molar-refractivity contribution in [3.63, 3.8) is 0 Å². The molecule has 0 amide bonds. The Bertz CT molecular complexity index is 208. The van der Waals surface area contributed by atoms with Gasteiger partial charge in [-0.2, -0.15) is 8.42 Å². The minimum atomic E-state index is -3.94. The van der Waals surface area contributed by atoms with Gasteiger partial charge >= 0.3 is 0 Å². The second-order valence-corrected chi connectivity index (χ2v) is 5.07. The largest absolute Gasteiger partial charge is 0.315 e. The van der Waals surface area contributed by atoms with Crippen LogP contribution < -0.4 is 5.32 Å². The number of rotatable bonds is 4. The first-order chi connectivity index (χ1) is 4.81. The molecule has 0 heterocycles. The maximum Gasteiger partial charge on any atom is 0.271 e. The molecule has 0 aliphatic carbocycles. The number of hydrogen-bond acceptors (Lipinski definition) is 3. The van der Waals surface area contributed by atoms with Crippen molar-refractivity contribution in [3.05, 3.63) is 0 Å². The van der Waals surface area contributed by atoms with Gasteiger partial charge in [0, 0.05) is 6.54 Å². The van der Waals surface area contributed by atoms with Crippen molar-refractivity contribution in [2.24, 2.45) is 0 Å². The lowest BCUT2D eigenvalue weighted by molar-refractivity contribution is 0.432. The van der Waals surface area contributed by atoms with E-state index in [0.717, 1.165) is 0 Å². The molecule has 0 rings (SSSR count). The van der Waals surface area contributed by atoms with E-state index in [0.29, 0.717) is 6.54 Å². The Kier molecular flexibility index (Phi) is 3.47. The average Bonchev–Trinajstić information content (AvgIpc) is 1.81. The summed E-state index contributed by atoms with van der Waals surface area (Å²) in [5, 5.41) is 2.86. The van der Waals surface area contributed by atoms with E-state index in [9.17, 15) is 8.42 Å². The molecule has 5 heteroatoms. The van der Waals surface area contributed by atoms with Crippen LogP contribution in [0.1, 0.15) is 20.8 Å². The molecule has 11 heavy (non-hydrogen) atoms. The zero-order valence-corrected chi connectivity index (χ0v) is 7.90. The van der Waals surface area contributed by atoms with Crippen LogP contribution in [-0.2, 0) is 10.1 Å². The van der Waals surface area contributed by atoms with Gasteiger partial charge in [-0.25, -0.2) is 0 Å². The van der Waals surface area contributed by atoms with E-state index in [4.69, 9.17) is 4.55 Å². The van der Waals surface area contributed by atoms with E-state index < -0.39 is 14.9 Å². The van der Waals surface area contributed by atoms with Crippen molar-refractivity contribution >= 4 is 10.1 Å². The van der Waals surface area contributed by atoms with Gasteiger partial charge in [0.1, 0.15) is 4.75 Å². The van der Waals surface area contributed by atoms with Crippen LogP contribution in [0.5, 0.6) is 0 Å². The standard InChI is InChI=1S/C6H15NO3S/c1-4-7-5-6(2,3)11(8,9)10/h7H,4-5H2,1-3H3,(H,8,9,10). The maximum atomic E-state index is 10.7. The van der Waals surface area contributed by atoms with Crippen molar-refractivity contribution in [2.75, 3.05) is 13.1 Å². The van der Waals surface area contributed by atoms with Gasteiger partial charge in [0.2, 0.25) is 0 Å². The molecule has 0 saturated heterocycles. The predicted octanol–water partition coefficient (Wildman–Crippen LogP) is 0.262. The molecule has 0 aromatic heterocycles. The molecule has 0 unspecified atom stereocenters. The number of hydrogen-bond donors (Lipinski definition) is 2. The summed E-state index contributed by atoms with van der Waals surface area (Å²) in [5.74, 6) is 0. The average molecular weight is 181 g/mol. The van der Waals surface area contributed by atoms with E-state index in [2.05, 4.69) is 5.32 Å². The lowest BCUT2D eigenvalue weighted by atomic mass is 10.2. The molecule has 0 aromatic carbocycles. The van der Waals surface area contributed by atoms with Crippen molar-refractivity contribution in [1.29, 1.82) is 0 Å². The van der Waals surface area contributed by atoms with Gasteiger partial charge in [0.05, 0.1) is 0 Å². The second kappa shape index (κ2) is 3.51. The molecule has 2 N–H and O–H groups in total. The third-order valence-corrected chi connectivity index (χ3v) is 3.04. The van der Waals surface area contributed by atoms with Gasteiger partial charge in [0.25, 0.3) is 10.1 Å². The zero-order valence-electron chi connectivity index (χ0n) is 7.09. The maximum absolute atomic E-state index is 10.7. The van der Waals surface area contributed by atoms with Gasteiger partial charge in [-0.05, 0) is 20.4 Å². The van der Waals surface area contributed by atoms with Crippen molar-refractivity contribution in [2.45, 2.75) is 25.5 Å². The first-order valence-corrected chi connectivity index (χ1v) is 4.93. The molecular formula is C6H15NO3S. The van der Waals surface area contributed by atoms with Crippen LogP contribution in [0.15, 0.2) is 0 Å². The van der Waals surface area contributed by atoms with Gasteiger partial charge in [-0.1, -0.05) is 6.92 Å². The molecule has 0 aromatic rings. The molecule has 0 aliphatic rings. The van der Waals surface area contributed by atoms with Crippen LogP contribution in [-0.4, -0.2) is 30.8 Å². The lowest BCUT2D eigenvalue weighted by Gasteiger charge is -2.20. The number of nitrogens with one attached hydrogen (secondary N) is 1. The summed E-state index contributed by atoms with van der Waals surface area (Å²) in [6.07, 6.45) is 0. The Morgan fingerprint density at radius 2 is 1.91 bits per heavy atom. The Labute approximate surface area is 67.7 Å². The first-order valence-electron chi connectivity index (χ1n) is 3.49. The summed E-state index contributed by atoms with van der Waals surface area (Å²) < 4.78 is 29.0. The first kappa shape index (κ1) is 10.9. The van der Waals surface area contributed by atoms with Crippen molar-refractivity contribution < 1.29 is 13.0 Å². The van der Waals surface area contributed by atoms with Crippen molar-refractivity contribution in [3.8, 4) is 0 Å². The highest BCUT2D eigenvalue weighted by Crippen LogP contribution is 2.12. The Balaban J connectivity index is 4.24. The van der Waals surface area contributed by atoms with Crippen molar-refractivity contribution in [1.82, 2.24) is 5.32 Å². The molecule has 0 fully saturated rings. The molecule has 0 radical (unpaired) electrons. The molecule has 0 atom stereocenters. The van der Waals surface area contributed by atoms with Crippen LogP contribution in [0.4, 0.5) is 0 Å². The molecule has 68 valence electrons. The van der Waals surface area contributed by atoms with E-state index in [-0.39, 0.29) is 6.54 Å². The van der Waals surface area contributed by atoms with Gasteiger partial charge in [0.15, 0.2) is 0 Å². The highest BCUT2D eigenvalue weighted by atomic mass is 32.2. The highest BCUT2D eigenvalue weighted by Gasteiger charge is 2.31. The van der Waals surface area contributed by atoms with E-state index in [1.165, 1.54) is 13.8 Å². The normalized spacial score (nSPS) is 13.5. The van der Waals surface area contributed by atoms with Crippen LogP contribution in [0.3, 0.4) is 0 Å². The van der Waals surface area contributed by atoms with E-state index >= 15 is 0 Å². The second-order valence-electron chi connectivity index (χ2n) is 3.02. The molecule has 0 bridgehead atoms. The summed E-state index contributed by atoms with van der Waals surface area (Å²) in [6.45, 7) is 5.79. The molecule has 0 aliphatic heterocycles. The van der Waals surface area contributed by atoms with E-state index in [1.54, 1.807) is 0 Å². The summed E-state index contributed by atoms with van der Waals surface area (Å²) in [7, 11) is -3.94. The van der Waals surface area contributed by atoms with Crippen LogP contribution >= 0.6 is 0 Å². The van der Waals surface area contributed by atoms with Crippen LogP contribution in [0.2, 0.25) is 0 Å². The third-order valence-electron chi connectivity index (χ3n) is 1.50. The van der Waals surface area contributed by atoms with Crippen LogP contribution in [0.25, 0.3) is 0 Å². The van der Waals surface area contributed by atoms with Gasteiger partial charge in [-0.3, -0.25) is 4.55 Å².